The predicted octanol–water partition coefficient (Wildman–Crippen LogP) is 5.03. The summed E-state index contributed by atoms with van der Waals surface area (Å²) in [5.41, 5.74) is 5.07. The first-order chi connectivity index (χ1) is 15.5. The fourth-order valence-electron chi connectivity index (χ4n) is 2.58. The number of hydrogen-bond donors (Lipinski definition) is 2. The number of terminal acetylenes is 1. The number of nitrogens with one attached hydrogen (secondary N) is 2. The van der Waals surface area contributed by atoms with Gasteiger partial charge in [0.2, 0.25) is 11.3 Å². The summed E-state index contributed by atoms with van der Waals surface area (Å²) in [4.78, 5) is 8.84. The third-order valence-electron chi connectivity index (χ3n) is 3.93. The van der Waals surface area contributed by atoms with Gasteiger partial charge in [-0.05, 0) is 114 Å². The molecular weight excluding hydrogens is 751 g/mol. The van der Waals surface area contributed by atoms with Gasteiger partial charge in [-0.2, -0.15) is 10.1 Å². The average molecular weight is 763 g/mol. The van der Waals surface area contributed by atoms with E-state index < -0.39 is 0 Å². The first-order valence-electron chi connectivity index (χ1n) is 8.91. The van der Waals surface area contributed by atoms with Crippen LogP contribution in [0.15, 0.2) is 46.1 Å². The van der Waals surface area contributed by atoms with Crippen molar-refractivity contribution in [1.29, 1.82) is 0 Å². The number of anilines is 3. The van der Waals surface area contributed by atoms with Gasteiger partial charge >= 0.3 is 0 Å². The van der Waals surface area contributed by atoms with Crippen molar-refractivity contribution in [2.45, 2.75) is 0 Å². The van der Waals surface area contributed by atoms with E-state index in [0.717, 1.165) is 22.0 Å². The minimum absolute atomic E-state index is 0.163. The molecule has 0 spiro atoms. The quantitative estimate of drug-likeness (QED) is 0.117. The van der Waals surface area contributed by atoms with Gasteiger partial charge in [0.15, 0.2) is 11.6 Å². The first kappa shape index (κ1) is 22.9. The van der Waals surface area contributed by atoms with Crippen molar-refractivity contribution in [3.63, 3.8) is 0 Å². The highest BCUT2D eigenvalue weighted by atomic mass is 127. The van der Waals surface area contributed by atoms with E-state index in [9.17, 15) is 0 Å². The molecule has 4 aromatic rings. The van der Waals surface area contributed by atoms with Crippen LogP contribution in [0.1, 0.15) is 5.56 Å². The van der Waals surface area contributed by atoms with Gasteiger partial charge in [0.25, 0.3) is 0 Å². The lowest BCUT2D eigenvalue weighted by molar-refractivity contribution is 0.314. The van der Waals surface area contributed by atoms with Gasteiger partial charge in [0, 0.05) is 18.4 Å². The van der Waals surface area contributed by atoms with Crippen LogP contribution in [0.25, 0.3) is 11.3 Å². The highest BCUT2D eigenvalue weighted by Crippen LogP contribution is 2.28. The van der Waals surface area contributed by atoms with Crippen molar-refractivity contribution in [2.75, 3.05) is 17.3 Å². The summed E-state index contributed by atoms with van der Waals surface area (Å²) in [5, 5.41) is 15.1. The smallest absolute Gasteiger partial charge is 0.245 e. The number of halogens is 3. The van der Waals surface area contributed by atoms with Crippen LogP contribution in [0.4, 0.5) is 17.3 Å². The number of hydrogen-bond acceptors (Lipinski definition) is 9. The molecule has 0 aliphatic heterocycles. The molecule has 4 rings (SSSR count). The number of aromatic nitrogens is 4. The molecule has 0 radical (unpaired) electrons. The largest absolute Gasteiger partial charge is 0.479 e. The molecule has 0 atom stereocenters. The second kappa shape index (κ2) is 10.6. The van der Waals surface area contributed by atoms with E-state index in [1.165, 1.54) is 0 Å². The Balaban J connectivity index is 1.63. The summed E-state index contributed by atoms with van der Waals surface area (Å²) < 4.78 is 13.5. The Kier molecular flexibility index (Phi) is 7.57. The summed E-state index contributed by atoms with van der Waals surface area (Å²) in [6.07, 6.45) is 6.98. The maximum Gasteiger partial charge on any atom is 0.245 e. The van der Waals surface area contributed by atoms with E-state index in [4.69, 9.17) is 15.8 Å². The van der Waals surface area contributed by atoms with Gasteiger partial charge in [-0.3, -0.25) is 5.43 Å². The molecule has 0 bridgehead atoms. The van der Waals surface area contributed by atoms with Gasteiger partial charge in [0.1, 0.15) is 12.4 Å². The van der Waals surface area contributed by atoms with Crippen LogP contribution in [-0.2, 0) is 0 Å². The Morgan fingerprint density at radius 2 is 1.75 bits per heavy atom. The van der Waals surface area contributed by atoms with Crippen LogP contribution >= 0.6 is 67.8 Å². The van der Waals surface area contributed by atoms with Crippen molar-refractivity contribution >= 4 is 103 Å². The van der Waals surface area contributed by atoms with E-state index in [1.807, 2.05) is 36.4 Å². The number of nitrogens with zero attached hydrogens (tertiary/aromatic N) is 5. The Morgan fingerprint density at radius 3 is 2.47 bits per heavy atom. The van der Waals surface area contributed by atoms with Crippen molar-refractivity contribution in [3.05, 3.63) is 52.7 Å². The van der Waals surface area contributed by atoms with Crippen LogP contribution < -0.4 is 15.5 Å². The van der Waals surface area contributed by atoms with Crippen LogP contribution in [-0.4, -0.2) is 33.1 Å². The summed E-state index contributed by atoms with van der Waals surface area (Å²) in [6, 6.07) is 11.8. The zero-order valence-corrected chi connectivity index (χ0v) is 22.5. The van der Waals surface area contributed by atoms with Crippen LogP contribution in [0.5, 0.6) is 5.75 Å². The van der Waals surface area contributed by atoms with Crippen molar-refractivity contribution < 1.29 is 9.37 Å². The molecule has 0 aliphatic carbocycles. The molecule has 32 heavy (non-hydrogen) atoms. The number of benzene rings is 2. The van der Waals surface area contributed by atoms with Crippen LogP contribution in [0, 0.1) is 23.1 Å². The minimum Gasteiger partial charge on any atom is -0.479 e. The van der Waals surface area contributed by atoms with E-state index >= 15 is 0 Å². The molecule has 0 amide bonds. The second-order valence-electron chi connectivity index (χ2n) is 6.13. The molecule has 0 unspecified atom stereocenters. The zero-order chi connectivity index (χ0) is 22.5. The van der Waals surface area contributed by atoms with E-state index in [2.05, 4.69) is 110 Å². The van der Waals surface area contributed by atoms with Crippen molar-refractivity contribution in [3.8, 4) is 18.1 Å². The van der Waals surface area contributed by atoms with Gasteiger partial charge in [0.05, 0.1) is 9.78 Å². The third kappa shape index (κ3) is 5.56. The summed E-state index contributed by atoms with van der Waals surface area (Å²) in [5.74, 6) is 3.92. The minimum atomic E-state index is 0.163. The highest BCUT2D eigenvalue weighted by Gasteiger charge is 2.13. The Labute approximate surface area is 223 Å². The molecule has 2 aromatic heterocycles. The zero-order valence-electron chi connectivity index (χ0n) is 16.0. The summed E-state index contributed by atoms with van der Waals surface area (Å²) in [7, 11) is 0. The molecule has 160 valence electrons. The third-order valence-corrected chi connectivity index (χ3v) is 6.08. The standard InChI is InChI=1S/C20H12I3N7O2/c1-2-7-31-16-11(8-13(22)9-15(16)23)10-24-28-18-17(25-14-5-3-12(21)4-6-14)26-19-20(27-18)30-32-29-19/h1,3-6,8-10H,7H2,(H,25,26,29)(H,27,28,30)/b24-10-. The van der Waals surface area contributed by atoms with Gasteiger partial charge < -0.3 is 10.1 Å². The van der Waals surface area contributed by atoms with E-state index in [-0.39, 0.29) is 17.9 Å². The maximum absolute atomic E-state index is 5.70. The van der Waals surface area contributed by atoms with E-state index in [1.54, 1.807) is 6.21 Å². The number of rotatable bonds is 7. The molecule has 2 N–H and O–H groups in total. The number of fused-ring (bicyclic) bond motifs is 1. The Morgan fingerprint density at radius 1 is 1.03 bits per heavy atom. The number of hydrazone groups is 1. The van der Waals surface area contributed by atoms with Gasteiger partial charge in [-0.1, -0.05) is 5.92 Å². The number of ether oxygens (including phenoxy) is 1. The Bertz CT molecular complexity index is 1330. The molecule has 9 nitrogen and oxygen atoms in total. The Hall–Kier alpha value is -2.26. The lowest BCUT2D eigenvalue weighted by Crippen LogP contribution is -2.04. The molecule has 0 fully saturated rings. The summed E-state index contributed by atoms with van der Waals surface area (Å²) >= 11 is 6.68. The van der Waals surface area contributed by atoms with Crippen LogP contribution in [0.3, 0.4) is 0 Å². The van der Waals surface area contributed by atoms with Crippen molar-refractivity contribution in [2.24, 2.45) is 5.10 Å². The average Bonchev–Trinajstić information content (AvgIpc) is 3.22. The van der Waals surface area contributed by atoms with Gasteiger partial charge in [-0.15, -0.1) is 6.42 Å². The molecule has 0 saturated carbocycles. The molecular formula is C20H12I3N7O2. The molecule has 0 saturated heterocycles. The molecule has 0 aliphatic rings. The fourth-order valence-corrected chi connectivity index (χ4v) is 4.98. The normalized spacial score (nSPS) is 10.9. The van der Waals surface area contributed by atoms with Crippen LogP contribution in [0.2, 0.25) is 0 Å². The lowest BCUT2D eigenvalue weighted by atomic mass is 10.2. The maximum atomic E-state index is 5.70. The van der Waals surface area contributed by atoms with Gasteiger partial charge in [-0.25, -0.2) is 9.61 Å². The SMILES string of the molecule is C#CCOc1c(I)cc(I)cc1/C=N\Nc1nc2nonc2nc1Nc1ccc(I)cc1. The predicted molar refractivity (Wildman–Crippen MR) is 147 cm³/mol. The fraction of sp³-hybridized carbons (Fsp3) is 0.0500. The highest BCUT2D eigenvalue weighted by molar-refractivity contribution is 14.1. The molecule has 2 heterocycles. The first-order valence-corrected chi connectivity index (χ1v) is 12.1. The van der Waals surface area contributed by atoms with E-state index in [0.29, 0.717) is 17.4 Å². The second-order valence-corrected chi connectivity index (χ2v) is 9.79. The summed E-state index contributed by atoms with van der Waals surface area (Å²) in [6.45, 7) is 0.163. The lowest BCUT2D eigenvalue weighted by Gasteiger charge is -2.11. The molecule has 12 heteroatoms. The monoisotopic (exact) mass is 763 g/mol. The topological polar surface area (TPSA) is 110 Å². The van der Waals surface area contributed by atoms with Crippen molar-refractivity contribution in [1.82, 2.24) is 20.3 Å². The molecule has 2 aromatic carbocycles.